The minimum absolute atomic E-state index is 0.225. The molecule has 128 valence electrons. The lowest BCUT2D eigenvalue weighted by Crippen LogP contribution is -2.17. The monoisotopic (exact) mass is 346 g/mol. The number of halogens is 3. The van der Waals surface area contributed by atoms with Crippen molar-refractivity contribution in [2.24, 2.45) is 0 Å². The first kappa shape index (κ1) is 16.7. The summed E-state index contributed by atoms with van der Waals surface area (Å²) in [6.07, 6.45) is -1.36. The average molecular weight is 346 g/mol. The third-order valence-corrected chi connectivity index (χ3v) is 3.47. The van der Waals surface area contributed by atoms with Crippen LogP contribution in [0.25, 0.3) is 0 Å². The Morgan fingerprint density at radius 3 is 2.44 bits per heavy atom. The number of pyridine rings is 1. The van der Waals surface area contributed by atoms with Crippen LogP contribution in [0.4, 0.5) is 19.0 Å². The van der Waals surface area contributed by atoms with Crippen LogP contribution in [-0.2, 0) is 12.7 Å². The molecule has 3 rings (SSSR count). The molecule has 25 heavy (non-hydrogen) atoms. The molecule has 1 amide bonds. The third kappa shape index (κ3) is 4.03. The number of hydrogen-bond donors (Lipinski definition) is 1. The van der Waals surface area contributed by atoms with Gasteiger partial charge in [-0.25, -0.2) is 4.68 Å². The van der Waals surface area contributed by atoms with Crippen LogP contribution in [0.3, 0.4) is 0 Å². The summed E-state index contributed by atoms with van der Waals surface area (Å²) in [6.45, 7) is 0.225. The molecule has 8 heteroatoms. The zero-order valence-electron chi connectivity index (χ0n) is 12.9. The predicted octanol–water partition coefficient (Wildman–Crippen LogP) is 3.60. The van der Waals surface area contributed by atoms with Gasteiger partial charge in [-0.1, -0.05) is 18.2 Å². The van der Waals surface area contributed by atoms with Crippen LogP contribution in [0.2, 0.25) is 0 Å². The second-order valence-corrected chi connectivity index (χ2v) is 5.24. The number of carbonyl (C=O) groups excluding carboxylic acids is 1. The second kappa shape index (κ2) is 6.76. The molecular formula is C17H13F3N4O. The first-order valence-electron chi connectivity index (χ1n) is 7.34. The molecule has 0 atom stereocenters. The van der Waals surface area contributed by atoms with Crippen molar-refractivity contribution in [3.8, 4) is 0 Å². The summed E-state index contributed by atoms with van der Waals surface area (Å²) in [5.74, 6) is 0.0327. The van der Waals surface area contributed by atoms with E-state index in [1.54, 1.807) is 24.3 Å². The number of alkyl halides is 3. The maximum Gasteiger partial charge on any atom is 0.416 e. The van der Waals surface area contributed by atoms with E-state index in [-0.39, 0.29) is 12.2 Å². The van der Waals surface area contributed by atoms with Gasteiger partial charge in [-0.05, 0) is 29.8 Å². The summed E-state index contributed by atoms with van der Waals surface area (Å²) >= 11 is 0. The summed E-state index contributed by atoms with van der Waals surface area (Å²) in [5.41, 5.74) is 0.176. The molecule has 1 aromatic carbocycles. The van der Waals surface area contributed by atoms with E-state index < -0.39 is 17.6 Å². The minimum Gasteiger partial charge on any atom is -0.305 e. The maximum atomic E-state index is 12.6. The molecule has 3 aromatic rings. The normalized spacial score (nSPS) is 11.3. The first-order chi connectivity index (χ1) is 11.9. The lowest BCUT2D eigenvalue weighted by Gasteiger charge is -2.10. The zero-order valence-corrected chi connectivity index (χ0v) is 12.9. The number of aromatic nitrogens is 3. The lowest BCUT2D eigenvalue weighted by atomic mass is 10.1. The molecule has 2 aromatic heterocycles. The highest BCUT2D eigenvalue weighted by Gasteiger charge is 2.29. The summed E-state index contributed by atoms with van der Waals surface area (Å²) in [6, 6.07) is 11.4. The smallest absolute Gasteiger partial charge is 0.305 e. The zero-order chi connectivity index (χ0) is 17.9. The Bertz CT molecular complexity index is 858. The number of amides is 1. The van der Waals surface area contributed by atoms with Crippen molar-refractivity contribution in [2.45, 2.75) is 12.7 Å². The third-order valence-electron chi connectivity index (χ3n) is 3.47. The Labute approximate surface area is 141 Å². The molecule has 0 spiro atoms. The minimum atomic E-state index is -4.37. The van der Waals surface area contributed by atoms with Crippen molar-refractivity contribution in [2.75, 3.05) is 5.32 Å². The molecule has 0 saturated heterocycles. The molecule has 0 aliphatic carbocycles. The Kier molecular flexibility index (Phi) is 4.51. The number of hydrogen-bond acceptors (Lipinski definition) is 3. The SMILES string of the molecule is O=C(Nc1ccnn1Cc1ccc(C(F)(F)F)cc1)c1ccccn1. The molecule has 1 N–H and O–H groups in total. The van der Waals surface area contributed by atoms with Crippen LogP contribution in [-0.4, -0.2) is 20.7 Å². The van der Waals surface area contributed by atoms with Crippen LogP contribution in [0.5, 0.6) is 0 Å². The Hall–Kier alpha value is -3.16. The Balaban J connectivity index is 1.73. The maximum absolute atomic E-state index is 12.6. The van der Waals surface area contributed by atoms with E-state index in [4.69, 9.17) is 0 Å². The van der Waals surface area contributed by atoms with E-state index in [9.17, 15) is 18.0 Å². The molecule has 2 heterocycles. The lowest BCUT2D eigenvalue weighted by molar-refractivity contribution is -0.137. The first-order valence-corrected chi connectivity index (χ1v) is 7.34. The van der Waals surface area contributed by atoms with Crippen molar-refractivity contribution in [3.63, 3.8) is 0 Å². The highest BCUT2D eigenvalue weighted by Crippen LogP contribution is 2.29. The summed E-state index contributed by atoms with van der Waals surface area (Å²) in [7, 11) is 0. The van der Waals surface area contributed by atoms with Crippen molar-refractivity contribution in [1.29, 1.82) is 0 Å². The van der Waals surface area contributed by atoms with E-state index >= 15 is 0 Å². The summed E-state index contributed by atoms with van der Waals surface area (Å²) in [5, 5.41) is 6.77. The Morgan fingerprint density at radius 2 is 1.80 bits per heavy atom. The van der Waals surface area contributed by atoms with E-state index in [1.807, 2.05) is 0 Å². The molecule has 0 saturated carbocycles. The van der Waals surface area contributed by atoms with Crippen molar-refractivity contribution in [3.05, 3.63) is 77.7 Å². The molecule has 0 unspecified atom stereocenters. The fourth-order valence-electron chi connectivity index (χ4n) is 2.21. The number of nitrogens with zero attached hydrogens (tertiary/aromatic N) is 3. The van der Waals surface area contributed by atoms with Gasteiger partial charge in [0.05, 0.1) is 18.3 Å². The predicted molar refractivity (Wildman–Crippen MR) is 85.0 cm³/mol. The van der Waals surface area contributed by atoms with Gasteiger partial charge in [-0.15, -0.1) is 0 Å². The van der Waals surface area contributed by atoms with E-state index in [1.165, 1.54) is 29.2 Å². The van der Waals surface area contributed by atoms with Crippen LogP contribution in [0, 0.1) is 0 Å². The number of nitrogens with one attached hydrogen (secondary N) is 1. The second-order valence-electron chi connectivity index (χ2n) is 5.24. The van der Waals surface area contributed by atoms with E-state index in [2.05, 4.69) is 15.4 Å². The van der Waals surface area contributed by atoms with Gasteiger partial charge in [-0.3, -0.25) is 9.78 Å². The number of anilines is 1. The quantitative estimate of drug-likeness (QED) is 0.785. The fourth-order valence-corrected chi connectivity index (χ4v) is 2.21. The van der Waals surface area contributed by atoms with Gasteiger partial charge in [0.25, 0.3) is 5.91 Å². The molecule has 0 radical (unpaired) electrons. The Morgan fingerprint density at radius 1 is 1.04 bits per heavy atom. The van der Waals surface area contributed by atoms with Crippen molar-refractivity contribution in [1.82, 2.24) is 14.8 Å². The fraction of sp³-hybridized carbons (Fsp3) is 0.118. The molecular weight excluding hydrogens is 333 g/mol. The van der Waals surface area contributed by atoms with Gasteiger partial charge in [0, 0.05) is 12.3 Å². The van der Waals surface area contributed by atoms with Crippen LogP contribution in [0.1, 0.15) is 21.6 Å². The number of rotatable bonds is 4. The van der Waals surface area contributed by atoms with Crippen LogP contribution in [0.15, 0.2) is 60.9 Å². The van der Waals surface area contributed by atoms with Gasteiger partial charge >= 0.3 is 6.18 Å². The summed E-state index contributed by atoms with van der Waals surface area (Å²) in [4.78, 5) is 16.1. The van der Waals surface area contributed by atoms with E-state index in [0.29, 0.717) is 11.4 Å². The topological polar surface area (TPSA) is 59.8 Å². The molecule has 5 nitrogen and oxygen atoms in total. The molecule has 0 fully saturated rings. The van der Waals surface area contributed by atoms with Gasteiger partial charge in [0.1, 0.15) is 11.5 Å². The highest BCUT2D eigenvalue weighted by atomic mass is 19.4. The van der Waals surface area contributed by atoms with E-state index in [0.717, 1.165) is 12.1 Å². The van der Waals surface area contributed by atoms with Gasteiger partial charge < -0.3 is 5.32 Å². The molecule has 0 aliphatic rings. The molecule has 0 bridgehead atoms. The van der Waals surface area contributed by atoms with Gasteiger partial charge in [-0.2, -0.15) is 18.3 Å². The average Bonchev–Trinajstić information content (AvgIpc) is 3.02. The number of benzene rings is 1. The molecule has 0 aliphatic heterocycles. The summed E-state index contributed by atoms with van der Waals surface area (Å²) < 4.78 is 39.3. The highest BCUT2D eigenvalue weighted by molar-refractivity contribution is 6.02. The van der Waals surface area contributed by atoms with Crippen LogP contribution < -0.4 is 5.32 Å². The van der Waals surface area contributed by atoms with Crippen molar-refractivity contribution >= 4 is 11.7 Å². The van der Waals surface area contributed by atoms with Crippen LogP contribution >= 0.6 is 0 Å². The largest absolute Gasteiger partial charge is 0.416 e. The standard InChI is InChI=1S/C17H13F3N4O/c18-17(19,20)13-6-4-12(5-7-13)11-24-15(8-10-22-24)23-16(25)14-3-1-2-9-21-14/h1-10H,11H2,(H,23,25). The van der Waals surface area contributed by atoms with Gasteiger partial charge in [0.2, 0.25) is 0 Å². The number of carbonyl (C=O) groups is 1. The van der Waals surface area contributed by atoms with Gasteiger partial charge in [0.15, 0.2) is 0 Å². The van der Waals surface area contributed by atoms with Crippen molar-refractivity contribution < 1.29 is 18.0 Å².